The molecule has 1 amide bonds. The Kier molecular flexibility index (Phi) is 7.36. The minimum absolute atomic E-state index is 0.0992. The van der Waals surface area contributed by atoms with E-state index < -0.39 is 17.8 Å². The summed E-state index contributed by atoms with van der Waals surface area (Å²) in [5.41, 5.74) is 0.167. The Hall–Kier alpha value is -1.75. The summed E-state index contributed by atoms with van der Waals surface area (Å²) in [6.45, 7) is 10.4. The molecule has 5 nitrogen and oxygen atoms in total. The lowest BCUT2D eigenvalue weighted by molar-refractivity contribution is 0.0491. The molecule has 0 unspecified atom stereocenters. The molecule has 0 aromatic heterocycles. The first-order valence-corrected chi connectivity index (χ1v) is 8.09. The standard InChI is InChI=1S/C18H29NO4/c1-6-13(2)12-22-15-9-7-14(8-10-15)16(20)11-19-17(21)23-18(3,4)5/h7-10,13,16,20H,6,11-12H2,1-5H3,(H,19,21)/t13-,16+/m0/s1. The van der Waals surface area contributed by atoms with Gasteiger partial charge in [-0.15, -0.1) is 0 Å². The Morgan fingerprint density at radius 1 is 1.26 bits per heavy atom. The maximum atomic E-state index is 11.6. The Labute approximate surface area is 139 Å². The van der Waals surface area contributed by atoms with Crippen LogP contribution in [0.15, 0.2) is 24.3 Å². The SMILES string of the molecule is CC[C@H](C)COc1ccc([C@H](O)CNC(=O)OC(C)(C)C)cc1. The Balaban J connectivity index is 2.44. The van der Waals surface area contributed by atoms with Gasteiger partial charge in [-0.25, -0.2) is 4.79 Å². The lowest BCUT2D eigenvalue weighted by atomic mass is 10.1. The fourth-order valence-corrected chi connectivity index (χ4v) is 1.75. The van der Waals surface area contributed by atoms with Crippen LogP contribution in [0.25, 0.3) is 0 Å². The van der Waals surface area contributed by atoms with Crippen molar-refractivity contribution in [3.63, 3.8) is 0 Å². The lowest BCUT2D eigenvalue weighted by Crippen LogP contribution is -2.34. The van der Waals surface area contributed by atoms with Crippen molar-refractivity contribution in [2.45, 2.75) is 52.7 Å². The molecule has 1 rings (SSSR count). The summed E-state index contributed by atoms with van der Waals surface area (Å²) in [4.78, 5) is 11.6. The fraction of sp³-hybridized carbons (Fsp3) is 0.611. The number of nitrogens with one attached hydrogen (secondary N) is 1. The highest BCUT2D eigenvalue weighted by atomic mass is 16.6. The van der Waals surface area contributed by atoms with Gasteiger partial charge >= 0.3 is 6.09 Å². The molecule has 0 aliphatic rings. The lowest BCUT2D eigenvalue weighted by Gasteiger charge is -2.20. The topological polar surface area (TPSA) is 67.8 Å². The fourth-order valence-electron chi connectivity index (χ4n) is 1.75. The molecule has 5 heteroatoms. The van der Waals surface area contributed by atoms with Gasteiger partial charge in [0.05, 0.1) is 19.3 Å². The van der Waals surface area contributed by atoms with Crippen LogP contribution in [-0.4, -0.2) is 30.0 Å². The molecular formula is C18H29NO4. The number of carbonyl (C=O) groups is 1. The zero-order chi connectivity index (χ0) is 17.5. The number of aliphatic hydroxyl groups is 1. The molecule has 0 saturated carbocycles. The van der Waals surface area contributed by atoms with Crippen LogP contribution in [0.4, 0.5) is 4.79 Å². The number of hydrogen-bond acceptors (Lipinski definition) is 4. The average molecular weight is 323 g/mol. The second kappa shape index (κ2) is 8.77. The van der Waals surface area contributed by atoms with E-state index in [4.69, 9.17) is 9.47 Å². The number of amides is 1. The van der Waals surface area contributed by atoms with Crippen molar-refractivity contribution in [2.24, 2.45) is 5.92 Å². The summed E-state index contributed by atoms with van der Waals surface area (Å²) < 4.78 is 10.8. The van der Waals surface area contributed by atoms with Crippen molar-refractivity contribution in [3.05, 3.63) is 29.8 Å². The summed E-state index contributed by atoms with van der Waals surface area (Å²) in [6.07, 6.45) is -0.246. The van der Waals surface area contributed by atoms with Crippen LogP contribution in [0.3, 0.4) is 0 Å². The highest BCUT2D eigenvalue weighted by Crippen LogP contribution is 2.18. The second-order valence-electron chi connectivity index (χ2n) is 6.79. The summed E-state index contributed by atoms with van der Waals surface area (Å²) in [5.74, 6) is 1.29. The Morgan fingerprint density at radius 2 is 1.87 bits per heavy atom. The summed E-state index contributed by atoms with van der Waals surface area (Å²) in [7, 11) is 0. The van der Waals surface area contributed by atoms with Gasteiger partial charge in [0.2, 0.25) is 0 Å². The Bertz CT molecular complexity index is 479. The number of ether oxygens (including phenoxy) is 2. The van der Waals surface area contributed by atoms with Gasteiger partial charge in [-0.3, -0.25) is 0 Å². The first-order valence-electron chi connectivity index (χ1n) is 8.09. The largest absolute Gasteiger partial charge is 0.493 e. The third-order valence-electron chi connectivity index (χ3n) is 3.33. The summed E-state index contributed by atoms with van der Waals surface area (Å²) >= 11 is 0. The highest BCUT2D eigenvalue weighted by Gasteiger charge is 2.17. The molecule has 23 heavy (non-hydrogen) atoms. The van der Waals surface area contributed by atoms with E-state index in [-0.39, 0.29) is 6.54 Å². The summed E-state index contributed by atoms with van der Waals surface area (Å²) in [6, 6.07) is 7.25. The van der Waals surface area contributed by atoms with Crippen molar-refractivity contribution in [1.29, 1.82) is 0 Å². The monoisotopic (exact) mass is 323 g/mol. The molecule has 0 radical (unpaired) electrons. The molecule has 0 saturated heterocycles. The van der Waals surface area contributed by atoms with E-state index in [1.165, 1.54) is 0 Å². The third-order valence-corrected chi connectivity index (χ3v) is 3.33. The molecule has 2 atom stereocenters. The van der Waals surface area contributed by atoms with Gasteiger partial charge in [0, 0.05) is 0 Å². The third kappa shape index (κ3) is 7.88. The van der Waals surface area contributed by atoms with Crippen molar-refractivity contribution in [1.82, 2.24) is 5.32 Å². The second-order valence-corrected chi connectivity index (χ2v) is 6.79. The molecule has 1 aromatic carbocycles. The van der Waals surface area contributed by atoms with E-state index in [0.29, 0.717) is 12.5 Å². The molecule has 0 aliphatic carbocycles. The first-order chi connectivity index (χ1) is 10.7. The number of carbonyl (C=O) groups excluding carboxylic acids is 1. The normalized spacial score (nSPS) is 14.0. The molecule has 1 aromatic rings. The van der Waals surface area contributed by atoms with Gasteiger partial charge in [-0.1, -0.05) is 32.4 Å². The van der Waals surface area contributed by atoms with Gasteiger partial charge in [-0.05, 0) is 44.4 Å². The number of aliphatic hydroxyl groups excluding tert-OH is 1. The first kappa shape index (κ1) is 19.3. The zero-order valence-electron chi connectivity index (χ0n) is 14.8. The van der Waals surface area contributed by atoms with Crippen molar-refractivity contribution >= 4 is 6.09 Å². The van der Waals surface area contributed by atoms with Gasteiger partial charge in [0.1, 0.15) is 11.4 Å². The molecule has 130 valence electrons. The van der Waals surface area contributed by atoms with Crippen LogP contribution in [-0.2, 0) is 4.74 Å². The number of alkyl carbamates (subject to hydrolysis) is 1. The molecule has 0 fully saturated rings. The van der Waals surface area contributed by atoms with Gasteiger partial charge < -0.3 is 19.9 Å². The quantitative estimate of drug-likeness (QED) is 0.803. The maximum absolute atomic E-state index is 11.6. The van der Waals surface area contributed by atoms with E-state index in [1.54, 1.807) is 32.9 Å². The van der Waals surface area contributed by atoms with Crippen LogP contribution in [0.5, 0.6) is 5.75 Å². The van der Waals surface area contributed by atoms with Gasteiger partial charge in [0.15, 0.2) is 0 Å². The van der Waals surface area contributed by atoms with Crippen LogP contribution >= 0.6 is 0 Å². The predicted molar refractivity (Wildman–Crippen MR) is 90.6 cm³/mol. The summed E-state index contributed by atoms with van der Waals surface area (Å²) in [5, 5.41) is 12.7. The van der Waals surface area contributed by atoms with E-state index in [1.807, 2.05) is 12.1 Å². The van der Waals surface area contributed by atoms with Crippen molar-refractivity contribution in [2.75, 3.05) is 13.2 Å². The number of rotatable bonds is 7. The van der Waals surface area contributed by atoms with Crippen LogP contribution in [0.2, 0.25) is 0 Å². The predicted octanol–water partition coefficient (Wildman–Crippen LogP) is 3.67. The van der Waals surface area contributed by atoms with E-state index in [0.717, 1.165) is 17.7 Å². The van der Waals surface area contributed by atoms with Crippen LogP contribution in [0.1, 0.15) is 52.7 Å². The zero-order valence-corrected chi connectivity index (χ0v) is 14.8. The number of hydrogen-bond donors (Lipinski definition) is 2. The Morgan fingerprint density at radius 3 is 2.39 bits per heavy atom. The maximum Gasteiger partial charge on any atom is 0.407 e. The molecule has 0 aliphatic heterocycles. The van der Waals surface area contributed by atoms with Crippen LogP contribution < -0.4 is 10.1 Å². The molecule has 0 spiro atoms. The molecule has 2 N–H and O–H groups in total. The molecule has 0 bridgehead atoms. The molecule has 0 heterocycles. The number of benzene rings is 1. The minimum atomic E-state index is -0.786. The van der Waals surface area contributed by atoms with Gasteiger partial charge in [-0.2, -0.15) is 0 Å². The average Bonchev–Trinajstić information content (AvgIpc) is 2.49. The van der Waals surface area contributed by atoms with E-state index in [2.05, 4.69) is 19.2 Å². The van der Waals surface area contributed by atoms with E-state index >= 15 is 0 Å². The van der Waals surface area contributed by atoms with Crippen molar-refractivity contribution in [3.8, 4) is 5.75 Å². The van der Waals surface area contributed by atoms with Gasteiger partial charge in [0.25, 0.3) is 0 Å². The molecular weight excluding hydrogens is 294 g/mol. The van der Waals surface area contributed by atoms with Crippen molar-refractivity contribution < 1.29 is 19.4 Å². The van der Waals surface area contributed by atoms with Crippen LogP contribution in [0, 0.1) is 5.92 Å². The minimum Gasteiger partial charge on any atom is -0.493 e. The highest BCUT2D eigenvalue weighted by molar-refractivity contribution is 5.67. The van der Waals surface area contributed by atoms with E-state index in [9.17, 15) is 9.90 Å². The smallest absolute Gasteiger partial charge is 0.407 e.